The number of amides is 1. The molecule has 0 saturated heterocycles. The van der Waals surface area contributed by atoms with Crippen LogP contribution in [0.15, 0.2) is 18.2 Å². The van der Waals surface area contributed by atoms with Crippen molar-refractivity contribution in [2.45, 2.75) is 25.4 Å². The minimum absolute atomic E-state index is 0.0766. The lowest BCUT2D eigenvalue weighted by Gasteiger charge is -2.14. The molecule has 1 aliphatic carbocycles. The van der Waals surface area contributed by atoms with Crippen LogP contribution in [0, 0.1) is 5.82 Å². The van der Waals surface area contributed by atoms with Crippen LogP contribution in [0.25, 0.3) is 10.2 Å². The third-order valence-corrected chi connectivity index (χ3v) is 5.96. The van der Waals surface area contributed by atoms with E-state index in [9.17, 15) is 22.4 Å². The molecular formula is C18H12ClF4N3OS. The normalized spacial score (nSPS) is 13.8. The number of fused-ring (bicyclic) bond motifs is 2. The van der Waals surface area contributed by atoms with Gasteiger partial charge in [0.1, 0.15) is 15.5 Å². The second kappa shape index (κ2) is 6.59. The van der Waals surface area contributed by atoms with Crippen molar-refractivity contribution < 1.29 is 22.4 Å². The van der Waals surface area contributed by atoms with Gasteiger partial charge in [-0.25, -0.2) is 9.37 Å². The molecule has 1 amide bonds. The van der Waals surface area contributed by atoms with Gasteiger partial charge in [-0.05, 0) is 43.0 Å². The zero-order valence-electron chi connectivity index (χ0n) is 14.1. The molecule has 4 rings (SSSR count). The molecule has 0 saturated carbocycles. The predicted molar refractivity (Wildman–Crippen MR) is 100 cm³/mol. The zero-order chi connectivity index (χ0) is 20.2. The lowest BCUT2D eigenvalue weighted by Crippen LogP contribution is -2.13. The fourth-order valence-electron chi connectivity index (χ4n) is 3.39. The molecule has 1 aliphatic rings. The van der Waals surface area contributed by atoms with Crippen molar-refractivity contribution in [1.29, 1.82) is 0 Å². The lowest BCUT2D eigenvalue weighted by atomic mass is 10.0. The Morgan fingerprint density at radius 2 is 2.04 bits per heavy atom. The fraction of sp³-hybridized carbons (Fsp3) is 0.222. The molecule has 4 nitrogen and oxygen atoms in total. The first-order chi connectivity index (χ1) is 13.2. The van der Waals surface area contributed by atoms with E-state index in [1.165, 1.54) is 12.1 Å². The maximum Gasteiger partial charge on any atom is 0.417 e. The summed E-state index contributed by atoms with van der Waals surface area (Å²) in [5.41, 5.74) is 5.65. The molecule has 3 aromatic rings. The van der Waals surface area contributed by atoms with Crippen LogP contribution in [0.1, 0.15) is 32.9 Å². The molecule has 2 heterocycles. The molecule has 146 valence electrons. The Kier molecular flexibility index (Phi) is 4.46. The molecule has 0 unspecified atom stereocenters. The Labute approximate surface area is 165 Å². The highest BCUT2D eigenvalue weighted by molar-refractivity contribution is 7.21. The number of benzene rings is 1. The fourth-order valence-corrected chi connectivity index (χ4v) is 4.59. The van der Waals surface area contributed by atoms with Crippen molar-refractivity contribution in [2.75, 3.05) is 11.1 Å². The molecule has 0 fully saturated rings. The Morgan fingerprint density at radius 3 is 2.71 bits per heavy atom. The van der Waals surface area contributed by atoms with Crippen molar-refractivity contribution in [3.05, 3.63) is 50.7 Å². The summed E-state index contributed by atoms with van der Waals surface area (Å²) in [6.45, 7) is 0. The van der Waals surface area contributed by atoms with E-state index < -0.39 is 23.5 Å². The van der Waals surface area contributed by atoms with Gasteiger partial charge in [0.25, 0.3) is 5.91 Å². The van der Waals surface area contributed by atoms with E-state index in [2.05, 4.69) is 10.3 Å². The van der Waals surface area contributed by atoms with Gasteiger partial charge in [-0.1, -0.05) is 11.6 Å². The molecule has 0 bridgehead atoms. The Balaban J connectivity index is 1.82. The summed E-state index contributed by atoms with van der Waals surface area (Å²) in [5, 5.41) is 2.04. The number of nitrogens with two attached hydrogens (primary N) is 1. The minimum atomic E-state index is -4.61. The summed E-state index contributed by atoms with van der Waals surface area (Å²) in [6, 6.07) is 3.56. The van der Waals surface area contributed by atoms with Crippen LogP contribution in [0.2, 0.25) is 5.02 Å². The highest BCUT2D eigenvalue weighted by Gasteiger charge is 2.40. The van der Waals surface area contributed by atoms with Crippen LogP contribution in [0.5, 0.6) is 0 Å². The number of aromatic nitrogens is 1. The van der Waals surface area contributed by atoms with Gasteiger partial charge >= 0.3 is 6.18 Å². The van der Waals surface area contributed by atoms with Gasteiger partial charge in [0.15, 0.2) is 0 Å². The van der Waals surface area contributed by atoms with E-state index in [0.29, 0.717) is 18.5 Å². The van der Waals surface area contributed by atoms with Crippen LogP contribution in [0.3, 0.4) is 0 Å². The Bertz CT molecular complexity index is 1130. The number of nitrogens with one attached hydrogen (secondary N) is 1. The van der Waals surface area contributed by atoms with E-state index in [-0.39, 0.29) is 43.5 Å². The summed E-state index contributed by atoms with van der Waals surface area (Å²) >= 11 is 6.48. The van der Waals surface area contributed by atoms with Gasteiger partial charge in [0, 0.05) is 16.8 Å². The number of nitrogen functional groups attached to an aromatic ring is 1. The highest BCUT2D eigenvalue weighted by Crippen LogP contribution is 2.46. The van der Waals surface area contributed by atoms with Gasteiger partial charge in [-0.15, -0.1) is 11.3 Å². The van der Waals surface area contributed by atoms with Crippen molar-refractivity contribution in [2.24, 2.45) is 0 Å². The molecule has 2 aromatic heterocycles. The number of halogens is 5. The van der Waals surface area contributed by atoms with Gasteiger partial charge in [0.05, 0.1) is 16.3 Å². The van der Waals surface area contributed by atoms with E-state index in [4.69, 9.17) is 17.3 Å². The third-order valence-electron chi connectivity index (χ3n) is 4.57. The number of aryl methyl sites for hydroxylation is 1. The smallest absolute Gasteiger partial charge is 0.397 e. The second-order valence-corrected chi connectivity index (χ2v) is 7.78. The van der Waals surface area contributed by atoms with Gasteiger partial charge in [-0.2, -0.15) is 13.2 Å². The molecule has 3 N–H and O–H groups in total. The molecular weight excluding hydrogens is 418 g/mol. The number of carbonyl (C=O) groups is 1. The summed E-state index contributed by atoms with van der Waals surface area (Å²) in [4.78, 5) is 16.9. The molecule has 0 atom stereocenters. The third kappa shape index (κ3) is 3.08. The largest absolute Gasteiger partial charge is 0.417 e. The van der Waals surface area contributed by atoms with Crippen LogP contribution in [-0.2, 0) is 19.0 Å². The molecule has 1 aromatic carbocycles. The first-order valence-electron chi connectivity index (χ1n) is 8.24. The number of carbonyl (C=O) groups excluding carboxylic acids is 1. The van der Waals surface area contributed by atoms with Crippen LogP contribution >= 0.6 is 22.9 Å². The number of pyridine rings is 1. The van der Waals surface area contributed by atoms with Gasteiger partial charge in [-0.3, -0.25) is 4.79 Å². The first kappa shape index (κ1) is 18.9. The second-order valence-electron chi connectivity index (χ2n) is 6.37. The molecule has 0 radical (unpaired) electrons. The number of alkyl halides is 3. The number of hydrogen-bond donors (Lipinski definition) is 2. The molecule has 28 heavy (non-hydrogen) atoms. The number of hydrogen-bond acceptors (Lipinski definition) is 4. The monoisotopic (exact) mass is 429 g/mol. The minimum Gasteiger partial charge on any atom is -0.397 e. The zero-order valence-corrected chi connectivity index (χ0v) is 15.7. The predicted octanol–water partition coefficient (Wildman–Crippen LogP) is 5.43. The van der Waals surface area contributed by atoms with Crippen LogP contribution in [-0.4, -0.2) is 10.9 Å². The van der Waals surface area contributed by atoms with E-state index in [0.717, 1.165) is 17.4 Å². The van der Waals surface area contributed by atoms with Crippen molar-refractivity contribution in [1.82, 2.24) is 4.98 Å². The van der Waals surface area contributed by atoms with E-state index >= 15 is 0 Å². The van der Waals surface area contributed by atoms with Crippen molar-refractivity contribution >= 4 is 50.4 Å². The lowest BCUT2D eigenvalue weighted by molar-refractivity contribution is -0.136. The highest BCUT2D eigenvalue weighted by atomic mass is 35.5. The SMILES string of the molecule is Nc1c(C(=O)Nc2ccc(F)c(Cl)c2)sc2nc3c(c(C(F)(F)F)c12)CCC3. The average molecular weight is 430 g/mol. The van der Waals surface area contributed by atoms with Crippen LogP contribution in [0.4, 0.5) is 28.9 Å². The maximum absolute atomic E-state index is 13.8. The summed E-state index contributed by atoms with van der Waals surface area (Å²) in [6.07, 6.45) is -3.27. The molecule has 0 spiro atoms. The average Bonchev–Trinajstić information content (AvgIpc) is 3.19. The standard InChI is InChI=1S/C18H12ClF4N3OS/c19-9-6-7(4-5-10(9)20)25-16(27)15-14(24)12-13(18(21,22)23)8-2-1-3-11(8)26-17(12)28-15/h4-6H,1-3,24H2,(H,25,27). The quantitative estimate of drug-likeness (QED) is 0.534. The molecule has 10 heteroatoms. The Morgan fingerprint density at radius 1 is 1.29 bits per heavy atom. The molecule has 0 aliphatic heterocycles. The van der Waals surface area contributed by atoms with Gasteiger partial charge in [0.2, 0.25) is 0 Å². The summed E-state index contributed by atoms with van der Waals surface area (Å²) < 4.78 is 54.5. The van der Waals surface area contributed by atoms with Crippen molar-refractivity contribution in [3.8, 4) is 0 Å². The van der Waals surface area contributed by atoms with E-state index in [1.807, 2.05) is 0 Å². The number of anilines is 2. The Hall–Kier alpha value is -2.39. The van der Waals surface area contributed by atoms with Gasteiger partial charge < -0.3 is 11.1 Å². The van der Waals surface area contributed by atoms with E-state index in [1.54, 1.807) is 0 Å². The topological polar surface area (TPSA) is 68.0 Å². The summed E-state index contributed by atoms with van der Waals surface area (Å²) in [7, 11) is 0. The first-order valence-corrected chi connectivity index (χ1v) is 9.43. The number of nitrogens with zero attached hydrogens (tertiary/aromatic N) is 1. The van der Waals surface area contributed by atoms with Crippen LogP contribution < -0.4 is 11.1 Å². The van der Waals surface area contributed by atoms with Crippen molar-refractivity contribution in [3.63, 3.8) is 0 Å². The maximum atomic E-state index is 13.8. The summed E-state index contributed by atoms with van der Waals surface area (Å²) in [5.74, 6) is -1.37. The number of rotatable bonds is 2. The number of thiophene rings is 1.